The number of hydrazine groups is 1. The smallest absolute Gasteiger partial charge is 0.332 e. The predicted molar refractivity (Wildman–Crippen MR) is 35.2 cm³/mol. The summed E-state index contributed by atoms with van der Waals surface area (Å²) < 4.78 is 0. The molecule has 7 nitrogen and oxygen atoms in total. The Labute approximate surface area is 68.0 Å². The molecule has 2 N–H and O–H groups in total. The van der Waals surface area contributed by atoms with Crippen molar-refractivity contribution in [2.75, 3.05) is 6.54 Å². The van der Waals surface area contributed by atoms with Crippen molar-refractivity contribution in [3.05, 3.63) is 5.21 Å². The van der Waals surface area contributed by atoms with E-state index in [1.807, 2.05) is 0 Å². The largest absolute Gasteiger partial charge is 0.569 e. The van der Waals surface area contributed by atoms with Gasteiger partial charge in [0.2, 0.25) is 5.28 Å². The molecule has 0 aromatic carbocycles. The highest BCUT2D eigenvalue weighted by atomic mass is 16.6. The highest BCUT2D eigenvalue weighted by Crippen LogP contribution is 2.16. The summed E-state index contributed by atoms with van der Waals surface area (Å²) in [5, 5.41) is 30.7. The van der Waals surface area contributed by atoms with Gasteiger partial charge in [-0.3, -0.25) is 0 Å². The van der Waals surface area contributed by atoms with E-state index in [-0.39, 0.29) is 4.97 Å². The van der Waals surface area contributed by atoms with Crippen molar-refractivity contribution < 1.29 is 20.1 Å². The molecule has 0 aromatic heterocycles. The third-order valence-electron chi connectivity index (χ3n) is 1.81. The van der Waals surface area contributed by atoms with Gasteiger partial charge < -0.3 is 15.5 Å². The van der Waals surface area contributed by atoms with E-state index in [1.54, 1.807) is 0 Å². The van der Waals surface area contributed by atoms with Crippen LogP contribution < -0.4 is 0 Å². The van der Waals surface area contributed by atoms with Gasteiger partial charge in [0, 0.05) is 0 Å². The first kappa shape index (κ1) is 8.57. The van der Waals surface area contributed by atoms with Gasteiger partial charge in [-0.2, -0.15) is 0 Å². The molecule has 1 fully saturated rings. The fourth-order valence-electron chi connectivity index (χ4n) is 1.26. The fraction of sp³-hybridized carbons (Fsp3) is 0.800. The molecule has 0 aliphatic carbocycles. The van der Waals surface area contributed by atoms with E-state index in [2.05, 4.69) is 5.28 Å². The summed E-state index contributed by atoms with van der Waals surface area (Å²) in [6.07, 6.45) is 1.02. The van der Waals surface area contributed by atoms with Gasteiger partial charge in [-0.25, -0.2) is 4.79 Å². The van der Waals surface area contributed by atoms with Crippen LogP contribution in [0.25, 0.3) is 0 Å². The Balaban J connectivity index is 2.70. The van der Waals surface area contributed by atoms with Gasteiger partial charge in [-0.15, -0.1) is 5.01 Å². The Kier molecular flexibility index (Phi) is 2.32. The van der Waals surface area contributed by atoms with Gasteiger partial charge in [-0.05, 0) is 12.8 Å². The minimum absolute atomic E-state index is 0.0915. The Morgan fingerprint density at radius 3 is 2.92 bits per heavy atom. The monoisotopic (exact) mass is 175 g/mol. The molecular weight excluding hydrogens is 166 g/mol. The van der Waals surface area contributed by atoms with E-state index < -0.39 is 12.0 Å². The third-order valence-corrected chi connectivity index (χ3v) is 1.81. The van der Waals surface area contributed by atoms with Crippen LogP contribution in [0.2, 0.25) is 0 Å². The molecular formula is C5H9N3O4. The van der Waals surface area contributed by atoms with E-state index >= 15 is 0 Å². The zero-order chi connectivity index (χ0) is 9.14. The number of aliphatic carboxylic acids is 1. The maximum Gasteiger partial charge on any atom is 0.332 e. The quantitative estimate of drug-likeness (QED) is 0.344. The van der Waals surface area contributed by atoms with Crippen LogP contribution in [0.1, 0.15) is 12.8 Å². The molecule has 0 spiro atoms. The van der Waals surface area contributed by atoms with Crippen LogP contribution in [0.3, 0.4) is 0 Å². The molecule has 0 aromatic rings. The number of nitrogens with zero attached hydrogens (tertiary/aromatic N) is 3. The van der Waals surface area contributed by atoms with Crippen LogP contribution in [0.5, 0.6) is 0 Å². The SMILES string of the molecule is O=C(O)[C@H]1CCCN1/[N+]([O-])=N\O. The maximum atomic E-state index is 10.7. The molecule has 1 aliphatic rings. The van der Waals surface area contributed by atoms with Crippen molar-refractivity contribution in [2.24, 2.45) is 5.28 Å². The molecule has 7 heteroatoms. The third kappa shape index (κ3) is 1.39. The van der Waals surface area contributed by atoms with Gasteiger partial charge in [-0.1, -0.05) is 0 Å². The first-order valence-corrected chi connectivity index (χ1v) is 3.48. The lowest BCUT2D eigenvalue weighted by atomic mass is 10.2. The van der Waals surface area contributed by atoms with Crippen molar-refractivity contribution in [2.45, 2.75) is 18.9 Å². The molecule has 1 rings (SSSR count). The summed E-state index contributed by atoms with van der Waals surface area (Å²) in [6, 6.07) is -0.863. The minimum atomic E-state index is -1.07. The highest BCUT2D eigenvalue weighted by Gasteiger charge is 2.36. The summed E-state index contributed by atoms with van der Waals surface area (Å²) in [5.41, 5.74) is 0. The van der Waals surface area contributed by atoms with Crippen LogP contribution in [0.4, 0.5) is 0 Å². The maximum absolute atomic E-state index is 10.7. The lowest BCUT2D eigenvalue weighted by Gasteiger charge is -2.15. The Morgan fingerprint density at radius 2 is 2.42 bits per heavy atom. The van der Waals surface area contributed by atoms with Crippen LogP contribution in [-0.2, 0) is 4.79 Å². The average molecular weight is 175 g/mol. The second-order valence-corrected chi connectivity index (χ2v) is 2.50. The molecule has 0 radical (unpaired) electrons. The number of rotatable bonds is 2. The van der Waals surface area contributed by atoms with Gasteiger partial charge in [0.1, 0.15) is 0 Å². The molecule has 0 amide bonds. The molecule has 68 valence electrons. The first-order chi connectivity index (χ1) is 5.66. The van der Waals surface area contributed by atoms with Crippen molar-refractivity contribution >= 4 is 5.97 Å². The van der Waals surface area contributed by atoms with Crippen molar-refractivity contribution in [1.82, 2.24) is 5.01 Å². The number of hydrogen-bond acceptors (Lipinski definition) is 3. The molecule has 0 unspecified atom stereocenters. The van der Waals surface area contributed by atoms with Crippen LogP contribution in [-0.4, -0.2) is 38.8 Å². The first-order valence-electron chi connectivity index (χ1n) is 3.48. The van der Waals surface area contributed by atoms with Gasteiger partial charge >= 0.3 is 5.97 Å². The Morgan fingerprint density at radius 1 is 1.75 bits per heavy atom. The summed E-state index contributed by atoms with van der Waals surface area (Å²) >= 11 is 0. The van der Waals surface area contributed by atoms with Crippen LogP contribution in [0.15, 0.2) is 5.28 Å². The minimum Gasteiger partial charge on any atom is -0.569 e. The molecule has 1 atom stereocenters. The number of hydrogen-bond donors (Lipinski definition) is 2. The van der Waals surface area contributed by atoms with E-state index in [0.717, 1.165) is 5.01 Å². The molecule has 1 aliphatic heterocycles. The van der Waals surface area contributed by atoms with E-state index in [4.69, 9.17) is 10.3 Å². The van der Waals surface area contributed by atoms with Gasteiger partial charge in [0.05, 0.1) is 11.5 Å². The second-order valence-electron chi connectivity index (χ2n) is 2.50. The lowest BCUT2D eigenvalue weighted by Crippen LogP contribution is -2.40. The van der Waals surface area contributed by atoms with E-state index in [0.29, 0.717) is 19.4 Å². The molecule has 0 bridgehead atoms. The Hall–Kier alpha value is -1.53. The molecule has 1 saturated heterocycles. The topological polar surface area (TPSA) is 99.2 Å². The average Bonchev–Trinajstić information content (AvgIpc) is 2.50. The molecule has 12 heavy (non-hydrogen) atoms. The van der Waals surface area contributed by atoms with Gasteiger partial charge in [0.25, 0.3) is 0 Å². The lowest BCUT2D eigenvalue weighted by molar-refractivity contribution is -0.710. The zero-order valence-corrected chi connectivity index (χ0v) is 6.25. The van der Waals surface area contributed by atoms with Gasteiger partial charge in [0.15, 0.2) is 6.04 Å². The standard InChI is InChI=1S/C5H9N3O4/c9-5(10)4-2-1-3-7(4)8(12)6-11/h4,11H,1-3H2,(H,9,10)/b8-6+/t4-/m1/s1. The fourth-order valence-corrected chi connectivity index (χ4v) is 1.26. The summed E-state index contributed by atoms with van der Waals surface area (Å²) in [4.78, 5) is 10.4. The Bertz CT molecular complexity index is 217. The number of carboxylic acids is 1. The van der Waals surface area contributed by atoms with E-state index in [1.165, 1.54) is 0 Å². The second kappa shape index (κ2) is 3.24. The number of carbonyl (C=O) groups is 1. The van der Waals surface area contributed by atoms with Crippen molar-refractivity contribution in [3.8, 4) is 0 Å². The van der Waals surface area contributed by atoms with Crippen LogP contribution in [0, 0.1) is 5.21 Å². The predicted octanol–water partition coefficient (Wildman–Crippen LogP) is -0.198. The summed E-state index contributed by atoms with van der Waals surface area (Å²) in [5.74, 6) is -1.07. The molecule has 0 saturated carbocycles. The van der Waals surface area contributed by atoms with Crippen molar-refractivity contribution in [3.63, 3.8) is 0 Å². The summed E-state index contributed by atoms with van der Waals surface area (Å²) in [7, 11) is 0. The number of carboxylic acid groups (broad SMARTS) is 1. The van der Waals surface area contributed by atoms with E-state index in [9.17, 15) is 10.0 Å². The zero-order valence-electron chi connectivity index (χ0n) is 6.25. The highest BCUT2D eigenvalue weighted by molar-refractivity contribution is 5.73. The normalized spacial score (nSPS) is 24.5. The summed E-state index contributed by atoms with van der Waals surface area (Å²) in [6.45, 7) is 0.310. The molecule has 1 heterocycles. The van der Waals surface area contributed by atoms with Crippen LogP contribution >= 0.6 is 0 Å². The van der Waals surface area contributed by atoms with Crippen molar-refractivity contribution in [1.29, 1.82) is 0 Å².